The third-order valence-electron chi connectivity index (χ3n) is 3.69. The zero-order valence-corrected chi connectivity index (χ0v) is 13.8. The molecule has 2 rings (SSSR count). The molecule has 1 saturated heterocycles. The number of benzene rings is 1. The van der Waals surface area contributed by atoms with Gasteiger partial charge in [-0.25, -0.2) is 0 Å². The maximum absolute atomic E-state index is 6.21. The first-order valence-corrected chi connectivity index (χ1v) is 7.77. The van der Waals surface area contributed by atoms with Crippen LogP contribution in [0.1, 0.15) is 5.56 Å². The third-order valence-corrected chi connectivity index (χ3v) is 4.54. The highest BCUT2D eigenvalue weighted by molar-refractivity contribution is 9.10. The second-order valence-electron chi connectivity index (χ2n) is 5.26. The monoisotopic (exact) mass is 345 g/mol. The smallest absolute Gasteiger partial charge is 0.0462 e. The molecular weight excluding hydrogens is 326 g/mol. The normalized spacial score (nSPS) is 21.8. The number of piperazine rings is 1. The molecule has 1 aliphatic heterocycles. The van der Waals surface area contributed by atoms with Gasteiger partial charge >= 0.3 is 0 Å². The lowest BCUT2D eigenvalue weighted by Gasteiger charge is -2.37. The Kier molecular flexibility index (Phi) is 5.66. The van der Waals surface area contributed by atoms with Gasteiger partial charge in [0.2, 0.25) is 0 Å². The van der Waals surface area contributed by atoms with Crippen molar-refractivity contribution in [3.63, 3.8) is 0 Å². The van der Waals surface area contributed by atoms with E-state index in [1.54, 1.807) is 0 Å². The molecule has 3 nitrogen and oxygen atoms in total. The van der Waals surface area contributed by atoms with Crippen LogP contribution in [0.2, 0.25) is 5.02 Å². The van der Waals surface area contributed by atoms with Gasteiger partial charge < -0.3 is 10.2 Å². The lowest BCUT2D eigenvalue weighted by atomic mass is 10.1. The minimum Gasteiger partial charge on any atom is -0.311 e. The molecule has 0 bridgehead atoms. The van der Waals surface area contributed by atoms with Gasteiger partial charge in [-0.3, -0.25) is 4.90 Å². The van der Waals surface area contributed by atoms with E-state index in [-0.39, 0.29) is 0 Å². The number of likely N-dealkylation sites (N-methyl/N-ethyl adjacent to an activating group) is 2. The Bertz CT molecular complexity index is 427. The Labute approximate surface area is 129 Å². The van der Waals surface area contributed by atoms with E-state index < -0.39 is 0 Å². The highest BCUT2D eigenvalue weighted by Gasteiger charge is 2.21. The summed E-state index contributed by atoms with van der Waals surface area (Å²) >= 11 is 9.64. The second-order valence-corrected chi connectivity index (χ2v) is 6.59. The van der Waals surface area contributed by atoms with Crippen LogP contribution in [0.15, 0.2) is 22.7 Å². The predicted octanol–water partition coefficient (Wildman–Crippen LogP) is 2.44. The van der Waals surface area contributed by atoms with Gasteiger partial charge in [-0.15, -0.1) is 0 Å². The van der Waals surface area contributed by atoms with Crippen LogP contribution in [-0.2, 0) is 6.54 Å². The molecule has 0 aromatic heterocycles. The van der Waals surface area contributed by atoms with E-state index in [1.165, 1.54) is 0 Å². The Balaban J connectivity index is 1.82. The highest BCUT2D eigenvalue weighted by atomic mass is 79.9. The van der Waals surface area contributed by atoms with Gasteiger partial charge in [-0.1, -0.05) is 33.6 Å². The lowest BCUT2D eigenvalue weighted by Crippen LogP contribution is -2.53. The molecule has 19 heavy (non-hydrogen) atoms. The summed E-state index contributed by atoms with van der Waals surface area (Å²) in [5.74, 6) is 0. The fourth-order valence-electron chi connectivity index (χ4n) is 2.36. The Morgan fingerprint density at radius 1 is 1.37 bits per heavy atom. The molecule has 1 aromatic carbocycles. The Morgan fingerprint density at radius 3 is 2.89 bits per heavy atom. The highest BCUT2D eigenvalue weighted by Crippen LogP contribution is 2.21. The summed E-state index contributed by atoms with van der Waals surface area (Å²) in [4.78, 5) is 4.81. The fourth-order valence-corrected chi connectivity index (χ4v) is 3.10. The van der Waals surface area contributed by atoms with Crippen molar-refractivity contribution >= 4 is 27.5 Å². The first-order valence-electron chi connectivity index (χ1n) is 6.59. The molecule has 106 valence electrons. The molecule has 0 aliphatic carbocycles. The number of nitrogens with one attached hydrogen (secondary N) is 1. The van der Waals surface area contributed by atoms with Crippen molar-refractivity contribution < 1.29 is 0 Å². The summed E-state index contributed by atoms with van der Waals surface area (Å²) in [5.41, 5.74) is 1.15. The Morgan fingerprint density at radius 2 is 2.16 bits per heavy atom. The van der Waals surface area contributed by atoms with E-state index in [9.17, 15) is 0 Å². The van der Waals surface area contributed by atoms with Gasteiger partial charge in [0.15, 0.2) is 0 Å². The van der Waals surface area contributed by atoms with Crippen molar-refractivity contribution in [1.82, 2.24) is 15.1 Å². The van der Waals surface area contributed by atoms with Crippen molar-refractivity contribution in [2.45, 2.75) is 12.6 Å². The number of hydrogen-bond acceptors (Lipinski definition) is 3. The van der Waals surface area contributed by atoms with Crippen LogP contribution in [0.3, 0.4) is 0 Å². The second kappa shape index (κ2) is 7.04. The van der Waals surface area contributed by atoms with E-state index in [0.29, 0.717) is 6.04 Å². The van der Waals surface area contributed by atoms with Gasteiger partial charge in [-0.05, 0) is 31.8 Å². The van der Waals surface area contributed by atoms with Gasteiger partial charge in [0, 0.05) is 48.3 Å². The Hall–Kier alpha value is -0.130. The zero-order valence-electron chi connectivity index (χ0n) is 11.5. The summed E-state index contributed by atoms with van der Waals surface area (Å²) in [6.07, 6.45) is 0. The fraction of sp³-hybridized carbons (Fsp3) is 0.571. The minimum absolute atomic E-state index is 0.577. The van der Waals surface area contributed by atoms with Crippen LogP contribution >= 0.6 is 27.5 Å². The molecular formula is C14H21BrClN3. The van der Waals surface area contributed by atoms with E-state index in [0.717, 1.165) is 47.8 Å². The van der Waals surface area contributed by atoms with E-state index in [2.05, 4.69) is 51.2 Å². The molecule has 1 N–H and O–H groups in total. The molecule has 1 aromatic rings. The van der Waals surface area contributed by atoms with Crippen LogP contribution in [-0.4, -0.2) is 56.1 Å². The summed E-state index contributed by atoms with van der Waals surface area (Å²) in [6.45, 7) is 5.23. The van der Waals surface area contributed by atoms with Crippen LogP contribution in [0.25, 0.3) is 0 Å². The van der Waals surface area contributed by atoms with Gasteiger partial charge in [0.1, 0.15) is 0 Å². The summed E-state index contributed by atoms with van der Waals surface area (Å²) < 4.78 is 1.02. The minimum atomic E-state index is 0.577. The zero-order chi connectivity index (χ0) is 13.8. The number of rotatable bonds is 4. The molecule has 1 unspecified atom stereocenters. The topological polar surface area (TPSA) is 18.5 Å². The van der Waals surface area contributed by atoms with Crippen LogP contribution < -0.4 is 5.32 Å². The molecule has 5 heteroatoms. The third kappa shape index (κ3) is 4.43. The summed E-state index contributed by atoms with van der Waals surface area (Å²) in [7, 11) is 4.39. The molecule has 0 radical (unpaired) electrons. The van der Waals surface area contributed by atoms with Gasteiger partial charge in [0.05, 0.1) is 0 Å². The predicted molar refractivity (Wildman–Crippen MR) is 84.8 cm³/mol. The maximum atomic E-state index is 6.21. The van der Waals surface area contributed by atoms with E-state index in [4.69, 9.17) is 11.6 Å². The molecule has 1 atom stereocenters. The molecule has 1 heterocycles. The molecule has 0 saturated carbocycles. The van der Waals surface area contributed by atoms with Gasteiger partial charge in [-0.2, -0.15) is 0 Å². The first kappa shape index (κ1) is 15.3. The molecule has 0 amide bonds. The van der Waals surface area contributed by atoms with Crippen molar-refractivity contribution in [3.05, 3.63) is 33.3 Å². The van der Waals surface area contributed by atoms with Crippen LogP contribution in [0.4, 0.5) is 0 Å². The maximum Gasteiger partial charge on any atom is 0.0462 e. The molecule has 0 spiro atoms. The SMILES string of the molecule is CN1CCN(C)C(CNCc2ccc(Br)cc2Cl)C1. The molecule has 1 aliphatic rings. The van der Waals surface area contributed by atoms with E-state index >= 15 is 0 Å². The summed E-state index contributed by atoms with van der Waals surface area (Å²) in [6, 6.07) is 6.62. The van der Waals surface area contributed by atoms with E-state index in [1.807, 2.05) is 12.1 Å². The average molecular weight is 347 g/mol. The first-order chi connectivity index (χ1) is 9.06. The number of nitrogens with zero attached hydrogens (tertiary/aromatic N) is 2. The van der Waals surface area contributed by atoms with Crippen LogP contribution in [0, 0.1) is 0 Å². The van der Waals surface area contributed by atoms with Crippen molar-refractivity contribution in [3.8, 4) is 0 Å². The average Bonchev–Trinajstić information content (AvgIpc) is 2.36. The quantitative estimate of drug-likeness (QED) is 0.903. The van der Waals surface area contributed by atoms with Crippen molar-refractivity contribution in [2.75, 3.05) is 40.3 Å². The number of halogens is 2. The lowest BCUT2D eigenvalue weighted by molar-refractivity contribution is 0.113. The summed E-state index contributed by atoms with van der Waals surface area (Å²) in [5, 5.41) is 4.33. The molecule has 1 fully saturated rings. The largest absolute Gasteiger partial charge is 0.311 e. The van der Waals surface area contributed by atoms with Gasteiger partial charge in [0.25, 0.3) is 0 Å². The van der Waals surface area contributed by atoms with Crippen molar-refractivity contribution in [2.24, 2.45) is 0 Å². The standard InChI is InChI=1S/C14H21BrClN3/c1-18-5-6-19(2)13(10-18)9-17-8-11-3-4-12(15)7-14(11)16/h3-4,7,13,17H,5-6,8-10H2,1-2H3. The van der Waals surface area contributed by atoms with Crippen LogP contribution in [0.5, 0.6) is 0 Å². The number of hydrogen-bond donors (Lipinski definition) is 1. The van der Waals surface area contributed by atoms with Crippen molar-refractivity contribution in [1.29, 1.82) is 0 Å².